The number of hydrogen-bond donors (Lipinski definition) is 3. The normalized spacial score (nSPS) is 16.7. The van der Waals surface area contributed by atoms with E-state index < -0.39 is 0 Å². The van der Waals surface area contributed by atoms with Crippen molar-refractivity contribution in [3.05, 3.63) is 65.5 Å². The average Bonchev–Trinajstić information content (AvgIpc) is 2.68. The zero-order chi connectivity index (χ0) is 18.4. The number of anilines is 1. The molecule has 0 bridgehead atoms. The molecule has 1 aliphatic rings. The summed E-state index contributed by atoms with van der Waals surface area (Å²) in [5, 5.41) is 8.79. The number of rotatable bonds is 5. The molecule has 5 nitrogen and oxygen atoms in total. The van der Waals surface area contributed by atoms with Crippen molar-refractivity contribution in [2.24, 2.45) is 5.92 Å². The van der Waals surface area contributed by atoms with Crippen LogP contribution in [0.25, 0.3) is 0 Å². The van der Waals surface area contributed by atoms with Crippen molar-refractivity contribution in [3.63, 3.8) is 0 Å². The summed E-state index contributed by atoms with van der Waals surface area (Å²) in [4.78, 5) is 24.4. The maximum atomic E-state index is 13.6. The van der Waals surface area contributed by atoms with Gasteiger partial charge in [-0.2, -0.15) is 0 Å². The summed E-state index contributed by atoms with van der Waals surface area (Å²) in [5.74, 6) is -0.660. The Morgan fingerprint density at radius 1 is 1.12 bits per heavy atom. The molecule has 0 aliphatic carbocycles. The van der Waals surface area contributed by atoms with E-state index in [0.717, 1.165) is 19.4 Å². The fourth-order valence-electron chi connectivity index (χ4n) is 2.94. The molecule has 136 valence electrons. The third-order valence-corrected chi connectivity index (χ3v) is 4.48. The lowest BCUT2D eigenvalue weighted by atomic mass is 9.99. The number of carbonyl (C=O) groups is 2. The minimum Gasteiger partial charge on any atom is -0.348 e. The van der Waals surface area contributed by atoms with E-state index in [1.54, 1.807) is 42.5 Å². The van der Waals surface area contributed by atoms with E-state index in [4.69, 9.17) is 0 Å². The lowest BCUT2D eigenvalue weighted by Gasteiger charge is -2.21. The summed E-state index contributed by atoms with van der Waals surface area (Å²) in [7, 11) is 0. The number of halogens is 1. The molecule has 0 spiro atoms. The van der Waals surface area contributed by atoms with Crippen molar-refractivity contribution in [2.45, 2.75) is 19.4 Å². The lowest BCUT2D eigenvalue weighted by molar-refractivity contribution is -0.120. The van der Waals surface area contributed by atoms with Gasteiger partial charge in [0.2, 0.25) is 5.91 Å². The molecule has 1 heterocycles. The highest BCUT2D eigenvalue weighted by molar-refractivity contribution is 5.96. The predicted octanol–water partition coefficient (Wildman–Crippen LogP) is 2.69. The summed E-state index contributed by atoms with van der Waals surface area (Å²) in [6.07, 6.45) is 1.88. The Morgan fingerprint density at radius 2 is 1.88 bits per heavy atom. The molecule has 1 saturated heterocycles. The molecule has 26 heavy (non-hydrogen) atoms. The number of amides is 2. The number of hydrogen-bond acceptors (Lipinski definition) is 3. The fraction of sp³-hybridized carbons (Fsp3) is 0.300. The molecule has 1 unspecified atom stereocenters. The third-order valence-electron chi connectivity index (χ3n) is 4.48. The minimum atomic E-state index is -0.344. The van der Waals surface area contributed by atoms with Crippen molar-refractivity contribution in [1.82, 2.24) is 10.6 Å². The Bertz CT molecular complexity index is 771. The quantitative estimate of drug-likeness (QED) is 0.772. The highest BCUT2D eigenvalue weighted by Crippen LogP contribution is 2.15. The van der Waals surface area contributed by atoms with Gasteiger partial charge in [0.05, 0.1) is 5.92 Å². The molecule has 0 radical (unpaired) electrons. The summed E-state index contributed by atoms with van der Waals surface area (Å²) in [6, 6.07) is 13.0. The van der Waals surface area contributed by atoms with Crippen LogP contribution in [-0.2, 0) is 11.3 Å². The van der Waals surface area contributed by atoms with Crippen molar-refractivity contribution in [2.75, 3.05) is 18.4 Å². The molecule has 3 N–H and O–H groups in total. The van der Waals surface area contributed by atoms with Gasteiger partial charge in [-0.25, -0.2) is 4.39 Å². The van der Waals surface area contributed by atoms with Gasteiger partial charge in [-0.15, -0.1) is 0 Å². The second-order valence-electron chi connectivity index (χ2n) is 6.38. The fourth-order valence-corrected chi connectivity index (χ4v) is 2.94. The molecule has 1 fully saturated rings. The molecular formula is C20H22FN3O2. The molecule has 3 rings (SSSR count). The summed E-state index contributed by atoms with van der Waals surface area (Å²) >= 11 is 0. The van der Waals surface area contributed by atoms with Gasteiger partial charge in [-0.1, -0.05) is 18.2 Å². The zero-order valence-corrected chi connectivity index (χ0v) is 14.4. The van der Waals surface area contributed by atoms with Gasteiger partial charge in [-0.05, 0) is 49.7 Å². The molecule has 2 aromatic rings. The highest BCUT2D eigenvalue weighted by atomic mass is 19.1. The van der Waals surface area contributed by atoms with Crippen molar-refractivity contribution in [3.8, 4) is 0 Å². The van der Waals surface area contributed by atoms with E-state index in [-0.39, 0.29) is 30.1 Å². The SMILES string of the molecule is O=C(NCc1ccccc1F)c1ccc(NC(=O)C2CCCNC2)cc1. The second kappa shape index (κ2) is 8.58. The largest absolute Gasteiger partial charge is 0.348 e. The topological polar surface area (TPSA) is 70.2 Å². The monoisotopic (exact) mass is 355 g/mol. The average molecular weight is 355 g/mol. The van der Waals surface area contributed by atoms with Crippen LogP contribution in [0.5, 0.6) is 0 Å². The van der Waals surface area contributed by atoms with Gasteiger partial charge in [0, 0.05) is 29.9 Å². The lowest BCUT2D eigenvalue weighted by Crippen LogP contribution is -2.37. The second-order valence-corrected chi connectivity index (χ2v) is 6.38. The van der Waals surface area contributed by atoms with E-state index >= 15 is 0 Å². The number of carbonyl (C=O) groups excluding carboxylic acids is 2. The van der Waals surface area contributed by atoms with Crippen LogP contribution in [-0.4, -0.2) is 24.9 Å². The van der Waals surface area contributed by atoms with E-state index in [1.807, 2.05) is 0 Å². The Labute approximate surface area is 152 Å². The number of piperidine rings is 1. The Morgan fingerprint density at radius 3 is 2.58 bits per heavy atom. The van der Waals surface area contributed by atoms with Gasteiger partial charge >= 0.3 is 0 Å². The number of nitrogens with one attached hydrogen (secondary N) is 3. The van der Waals surface area contributed by atoms with Crippen LogP contribution in [0.3, 0.4) is 0 Å². The molecule has 1 aliphatic heterocycles. The molecular weight excluding hydrogens is 333 g/mol. The van der Waals surface area contributed by atoms with Crippen LogP contribution in [0.4, 0.5) is 10.1 Å². The molecule has 1 atom stereocenters. The van der Waals surface area contributed by atoms with Crippen molar-refractivity contribution >= 4 is 17.5 Å². The first-order valence-electron chi connectivity index (χ1n) is 8.77. The van der Waals surface area contributed by atoms with Crippen LogP contribution in [0.1, 0.15) is 28.8 Å². The standard InChI is InChI=1S/C20H22FN3O2/c21-18-6-2-1-4-15(18)13-23-19(25)14-7-9-17(10-8-14)24-20(26)16-5-3-11-22-12-16/h1-2,4,6-10,16,22H,3,5,11-13H2,(H,23,25)(H,24,26). The van der Waals surface area contributed by atoms with Gasteiger partial charge in [0.1, 0.15) is 5.82 Å². The summed E-state index contributed by atoms with van der Waals surface area (Å²) in [5.41, 5.74) is 1.55. The molecule has 0 saturated carbocycles. The highest BCUT2D eigenvalue weighted by Gasteiger charge is 2.20. The maximum absolute atomic E-state index is 13.6. The molecule has 0 aromatic heterocycles. The first-order valence-corrected chi connectivity index (χ1v) is 8.77. The third kappa shape index (κ3) is 4.67. The Balaban J connectivity index is 1.54. The number of benzene rings is 2. The van der Waals surface area contributed by atoms with E-state index in [9.17, 15) is 14.0 Å². The van der Waals surface area contributed by atoms with Crippen LogP contribution in [0.2, 0.25) is 0 Å². The Hall–Kier alpha value is -2.73. The first-order chi connectivity index (χ1) is 12.6. The van der Waals surface area contributed by atoms with E-state index in [2.05, 4.69) is 16.0 Å². The summed E-state index contributed by atoms with van der Waals surface area (Å²) in [6.45, 7) is 1.78. The predicted molar refractivity (Wildman–Crippen MR) is 98.2 cm³/mol. The van der Waals surface area contributed by atoms with E-state index in [1.165, 1.54) is 6.07 Å². The van der Waals surface area contributed by atoms with Gasteiger partial charge in [0.15, 0.2) is 0 Å². The molecule has 2 aromatic carbocycles. The van der Waals surface area contributed by atoms with Crippen LogP contribution < -0.4 is 16.0 Å². The minimum absolute atomic E-state index is 0.00560. The van der Waals surface area contributed by atoms with Gasteiger partial charge in [0.25, 0.3) is 5.91 Å². The molecule has 2 amide bonds. The van der Waals surface area contributed by atoms with E-state index in [0.29, 0.717) is 23.4 Å². The van der Waals surface area contributed by atoms with Crippen molar-refractivity contribution in [1.29, 1.82) is 0 Å². The van der Waals surface area contributed by atoms with Gasteiger partial charge < -0.3 is 16.0 Å². The summed E-state index contributed by atoms with van der Waals surface area (Å²) < 4.78 is 13.6. The maximum Gasteiger partial charge on any atom is 0.251 e. The smallest absolute Gasteiger partial charge is 0.251 e. The zero-order valence-electron chi connectivity index (χ0n) is 14.4. The van der Waals surface area contributed by atoms with Gasteiger partial charge in [-0.3, -0.25) is 9.59 Å². The van der Waals surface area contributed by atoms with Crippen LogP contribution in [0, 0.1) is 11.7 Å². The van der Waals surface area contributed by atoms with Crippen molar-refractivity contribution < 1.29 is 14.0 Å². The van der Waals surface area contributed by atoms with Crippen LogP contribution in [0.15, 0.2) is 48.5 Å². The van der Waals surface area contributed by atoms with Crippen LogP contribution >= 0.6 is 0 Å². The molecule has 6 heteroatoms. The Kier molecular flexibility index (Phi) is 5.96. The first kappa shape index (κ1) is 18.1.